The van der Waals surface area contributed by atoms with E-state index in [-0.39, 0.29) is 0 Å². The molecule has 0 spiro atoms. The second-order valence-corrected chi connectivity index (χ2v) is 4.68. The quantitative estimate of drug-likeness (QED) is 0.475. The van der Waals surface area contributed by atoms with E-state index in [1.807, 2.05) is 12.1 Å². The molecule has 0 aliphatic heterocycles. The normalized spacial score (nSPS) is 11.6. The van der Waals surface area contributed by atoms with Crippen molar-refractivity contribution >= 4 is 28.5 Å². The van der Waals surface area contributed by atoms with Crippen LogP contribution in [0.2, 0.25) is 0 Å². The van der Waals surface area contributed by atoms with Gasteiger partial charge in [-0.15, -0.1) is 0 Å². The summed E-state index contributed by atoms with van der Waals surface area (Å²) in [7, 11) is 3.19. The van der Waals surface area contributed by atoms with E-state index in [1.54, 1.807) is 50.6 Å². The lowest BCUT2D eigenvalue weighted by atomic mass is 10.0. The zero-order valence-electron chi connectivity index (χ0n) is 11.8. The lowest BCUT2D eigenvalue weighted by Gasteiger charge is -2.07. The molecule has 108 valence electrons. The first-order chi connectivity index (χ1) is 10.2. The Morgan fingerprint density at radius 3 is 1.67 bits per heavy atom. The topological polar surface area (TPSA) is 35.5 Å². The van der Waals surface area contributed by atoms with Crippen molar-refractivity contribution in [3.05, 3.63) is 59.7 Å². The van der Waals surface area contributed by atoms with E-state index < -0.39 is 0 Å². The number of hydrogen-bond donors (Lipinski definition) is 0. The maximum atomic E-state index is 11.4. The fourth-order valence-electron chi connectivity index (χ4n) is 1.91. The number of hydrogen-bond acceptors (Lipinski definition) is 3. The molecular formula is C17H15ClO3. The number of allylic oxidation sites excluding steroid dienone is 1. The fourth-order valence-corrected chi connectivity index (χ4v) is 2.19. The molecule has 0 bridgehead atoms. The molecule has 0 N–H and O–H groups in total. The Balaban J connectivity index is 2.41. The third-order valence-corrected chi connectivity index (χ3v) is 3.52. The first-order valence-electron chi connectivity index (χ1n) is 6.33. The summed E-state index contributed by atoms with van der Waals surface area (Å²) in [6.07, 6.45) is 0.758. The van der Waals surface area contributed by atoms with Gasteiger partial charge in [0.15, 0.2) is 6.29 Å². The van der Waals surface area contributed by atoms with Crippen LogP contribution in [-0.4, -0.2) is 20.5 Å². The van der Waals surface area contributed by atoms with Gasteiger partial charge >= 0.3 is 0 Å². The highest BCUT2D eigenvalue weighted by atomic mass is 35.5. The first kappa shape index (κ1) is 15.1. The van der Waals surface area contributed by atoms with Crippen molar-refractivity contribution in [2.45, 2.75) is 0 Å². The van der Waals surface area contributed by atoms with E-state index >= 15 is 0 Å². The van der Waals surface area contributed by atoms with Gasteiger partial charge in [0.25, 0.3) is 0 Å². The minimum atomic E-state index is 0.401. The van der Waals surface area contributed by atoms with Crippen LogP contribution in [0, 0.1) is 0 Å². The molecule has 0 atom stereocenters. The van der Waals surface area contributed by atoms with Crippen LogP contribution in [0.15, 0.2) is 48.5 Å². The van der Waals surface area contributed by atoms with Crippen molar-refractivity contribution < 1.29 is 14.3 Å². The van der Waals surface area contributed by atoms with Gasteiger partial charge in [0.05, 0.1) is 19.3 Å². The van der Waals surface area contributed by atoms with Crippen molar-refractivity contribution in [2.75, 3.05) is 14.2 Å². The molecule has 0 unspecified atom stereocenters. The number of aldehydes is 1. The second-order valence-electron chi connectivity index (χ2n) is 4.30. The summed E-state index contributed by atoms with van der Waals surface area (Å²) in [5.41, 5.74) is 1.94. The summed E-state index contributed by atoms with van der Waals surface area (Å²) >= 11 is 6.35. The SMILES string of the molecule is COc1ccc(/C(Cl)=C(\C=O)c2ccc(OC)cc2)cc1. The third kappa shape index (κ3) is 3.44. The number of benzene rings is 2. The molecule has 21 heavy (non-hydrogen) atoms. The molecule has 0 aromatic heterocycles. The van der Waals surface area contributed by atoms with Gasteiger partial charge in [0.2, 0.25) is 0 Å². The molecule has 2 aromatic rings. The predicted molar refractivity (Wildman–Crippen MR) is 84.7 cm³/mol. The van der Waals surface area contributed by atoms with Crippen molar-refractivity contribution in [3.63, 3.8) is 0 Å². The standard InChI is InChI=1S/C17H15ClO3/c1-20-14-7-3-12(4-8-14)16(11-19)17(18)13-5-9-15(21-2)10-6-13/h3-11H,1-2H3/b17-16-. The van der Waals surface area contributed by atoms with Crippen LogP contribution < -0.4 is 9.47 Å². The molecular weight excluding hydrogens is 288 g/mol. The van der Waals surface area contributed by atoms with Crippen LogP contribution in [0.25, 0.3) is 10.6 Å². The van der Waals surface area contributed by atoms with E-state index in [4.69, 9.17) is 21.1 Å². The third-order valence-electron chi connectivity index (χ3n) is 3.10. The van der Waals surface area contributed by atoms with Gasteiger partial charge in [-0.2, -0.15) is 0 Å². The van der Waals surface area contributed by atoms with Crippen molar-refractivity contribution in [2.24, 2.45) is 0 Å². The average Bonchev–Trinajstić information content (AvgIpc) is 2.56. The maximum absolute atomic E-state index is 11.4. The van der Waals surface area contributed by atoms with Crippen LogP contribution in [0.3, 0.4) is 0 Å². The lowest BCUT2D eigenvalue weighted by Crippen LogP contribution is -1.91. The van der Waals surface area contributed by atoms with Gasteiger partial charge in [-0.05, 0) is 47.5 Å². The van der Waals surface area contributed by atoms with Gasteiger partial charge < -0.3 is 9.47 Å². The van der Waals surface area contributed by atoms with E-state index in [0.29, 0.717) is 10.6 Å². The molecule has 3 nitrogen and oxygen atoms in total. The minimum Gasteiger partial charge on any atom is -0.497 e. The molecule has 0 saturated heterocycles. The Labute approximate surface area is 128 Å². The summed E-state index contributed by atoms with van der Waals surface area (Å²) in [5, 5.41) is 0.401. The largest absolute Gasteiger partial charge is 0.497 e. The van der Waals surface area contributed by atoms with Crippen LogP contribution in [0.1, 0.15) is 11.1 Å². The van der Waals surface area contributed by atoms with E-state index in [1.165, 1.54) is 0 Å². The zero-order chi connectivity index (χ0) is 15.2. The van der Waals surface area contributed by atoms with E-state index in [2.05, 4.69) is 0 Å². The summed E-state index contributed by atoms with van der Waals surface area (Å²) in [6.45, 7) is 0. The van der Waals surface area contributed by atoms with Gasteiger partial charge in [0, 0.05) is 5.57 Å². The Morgan fingerprint density at radius 2 is 1.29 bits per heavy atom. The molecule has 2 aromatic carbocycles. The molecule has 2 rings (SSSR count). The van der Waals surface area contributed by atoms with Crippen molar-refractivity contribution in [3.8, 4) is 11.5 Å². The molecule has 0 radical (unpaired) electrons. The van der Waals surface area contributed by atoms with E-state index in [0.717, 1.165) is 28.9 Å². The highest BCUT2D eigenvalue weighted by molar-refractivity contribution is 6.55. The Hall–Kier alpha value is -2.26. The number of ether oxygens (including phenoxy) is 2. The Kier molecular flexibility index (Phi) is 5.01. The molecule has 4 heteroatoms. The van der Waals surface area contributed by atoms with Crippen LogP contribution in [0.5, 0.6) is 11.5 Å². The number of carbonyl (C=O) groups is 1. The van der Waals surface area contributed by atoms with Gasteiger partial charge in [0.1, 0.15) is 11.5 Å². The highest BCUT2D eigenvalue weighted by Crippen LogP contribution is 2.30. The first-order valence-corrected chi connectivity index (χ1v) is 6.71. The smallest absolute Gasteiger partial charge is 0.152 e. The number of halogens is 1. The summed E-state index contributed by atoms with van der Waals surface area (Å²) in [6, 6.07) is 14.4. The number of carbonyl (C=O) groups excluding carboxylic acids is 1. The molecule has 0 aliphatic carbocycles. The maximum Gasteiger partial charge on any atom is 0.152 e. The molecule has 0 amide bonds. The molecule has 0 saturated carbocycles. The van der Waals surface area contributed by atoms with Crippen molar-refractivity contribution in [1.82, 2.24) is 0 Å². The lowest BCUT2D eigenvalue weighted by molar-refractivity contribution is -0.103. The molecule has 0 aliphatic rings. The van der Waals surface area contributed by atoms with Crippen LogP contribution in [0.4, 0.5) is 0 Å². The average molecular weight is 303 g/mol. The van der Waals surface area contributed by atoms with Gasteiger partial charge in [-0.3, -0.25) is 4.79 Å². The Morgan fingerprint density at radius 1 is 0.857 bits per heavy atom. The molecule has 0 heterocycles. The highest BCUT2D eigenvalue weighted by Gasteiger charge is 2.09. The van der Waals surface area contributed by atoms with Crippen LogP contribution >= 0.6 is 11.6 Å². The summed E-state index contributed by atoms with van der Waals surface area (Å²) in [5.74, 6) is 1.46. The monoisotopic (exact) mass is 302 g/mol. The zero-order valence-corrected chi connectivity index (χ0v) is 12.6. The summed E-state index contributed by atoms with van der Waals surface area (Å²) in [4.78, 5) is 11.4. The van der Waals surface area contributed by atoms with Crippen molar-refractivity contribution in [1.29, 1.82) is 0 Å². The number of rotatable bonds is 5. The van der Waals surface area contributed by atoms with Gasteiger partial charge in [-0.25, -0.2) is 0 Å². The second kappa shape index (κ2) is 6.95. The molecule has 0 fully saturated rings. The van der Waals surface area contributed by atoms with Gasteiger partial charge in [-0.1, -0.05) is 23.7 Å². The predicted octanol–water partition coefficient (Wildman–Crippen LogP) is 4.01. The van der Waals surface area contributed by atoms with E-state index in [9.17, 15) is 4.79 Å². The number of methoxy groups -OCH3 is 2. The summed E-state index contributed by atoms with van der Waals surface area (Å²) < 4.78 is 10.2. The minimum absolute atomic E-state index is 0.401. The Bertz CT molecular complexity index is 643. The fraction of sp³-hybridized carbons (Fsp3) is 0.118. The van der Waals surface area contributed by atoms with Crippen LogP contribution in [-0.2, 0) is 4.79 Å².